The molecular weight excluding hydrogens is 252 g/mol. The highest BCUT2D eigenvalue weighted by Crippen LogP contribution is 2.58. The van der Waals surface area contributed by atoms with Crippen LogP contribution in [-0.2, 0) is 9.47 Å². The zero-order chi connectivity index (χ0) is 14.0. The van der Waals surface area contributed by atoms with Crippen molar-refractivity contribution >= 4 is 0 Å². The zero-order valence-electron chi connectivity index (χ0n) is 12.8. The quantitative estimate of drug-likeness (QED) is 0.830. The van der Waals surface area contributed by atoms with Gasteiger partial charge in [0.25, 0.3) is 0 Å². The standard InChI is InChI=1S/C16H28N2O2/c1-15(2)14-11(6-8-20-14)16(15,17)10-18-7-9-19-13-5-3-4-12(13)18/h11-14H,3-10,17H2,1-2H3. The third kappa shape index (κ3) is 1.62. The van der Waals surface area contributed by atoms with Crippen molar-refractivity contribution in [3.8, 4) is 0 Å². The second-order valence-corrected chi connectivity index (χ2v) is 7.83. The van der Waals surface area contributed by atoms with Gasteiger partial charge in [-0.2, -0.15) is 0 Å². The van der Waals surface area contributed by atoms with Crippen LogP contribution in [0.15, 0.2) is 0 Å². The van der Waals surface area contributed by atoms with Gasteiger partial charge in [-0.05, 0) is 25.7 Å². The third-order valence-electron chi connectivity index (χ3n) is 6.73. The summed E-state index contributed by atoms with van der Waals surface area (Å²) in [6, 6.07) is 0.612. The van der Waals surface area contributed by atoms with E-state index in [-0.39, 0.29) is 11.0 Å². The molecule has 0 radical (unpaired) electrons. The van der Waals surface area contributed by atoms with Gasteiger partial charge in [0, 0.05) is 42.6 Å². The summed E-state index contributed by atoms with van der Waals surface area (Å²) in [5, 5.41) is 0. The average molecular weight is 280 g/mol. The molecule has 2 saturated heterocycles. The van der Waals surface area contributed by atoms with E-state index in [0.29, 0.717) is 24.2 Å². The molecule has 20 heavy (non-hydrogen) atoms. The monoisotopic (exact) mass is 280 g/mol. The molecule has 5 unspecified atom stereocenters. The molecule has 2 heterocycles. The minimum atomic E-state index is -0.0847. The minimum Gasteiger partial charge on any atom is -0.377 e. The molecule has 5 atom stereocenters. The van der Waals surface area contributed by atoms with E-state index in [9.17, 15) is 0 Å². The number of nitrogens with zero attached hydrogens (tertiary/aromatic N) is 1. The first-order chi connectivity index (χ1) is 9.54. The fourth-order valence-corrected chi connectivity index (χ4v) is 5.33. The largest absolute Gasteiger partial charge is 0.377 e. The molecule has 0 spiro atoms. The van der Waals surface area contributed by atoms with Gasteiger partial charge in [-0.25, -0.2) is 0 Å². The number of hydrogen-bond donors (Lipinski definition) is 1. The molecule has 4 fully saturated rings. The molecule has 114 valence electrons. The van der Waals surface area contributed by atoms with Crippen LogP contribution < -0.4 is 5.73 Å². The molecule has 0 aromatic carbocycles. The van der Waals surface area contributed by atoms with Gasteiger partial charge >= 0.3 is 0 Å². The molecule has 2 aliphatic carbocycles. The molecule has 0 aromatic heterocycles. The summed E-state index contributed by atoms with van der Waals surface area (Å²) in [7, 11) is 0. The maximum atomic E-state index is 6.92. The molecule has 0 amide bonds. The fourth-order valence-electron chi connectivity index (χ4n) is 5.33. The molecule has 4 heteroatoms. The van der Waals surface area contributed by atoms with Gasteiger partial charge < -0.3 is 15.2 Å². The smallest absolute Gasteiger partial charge is 0.0730 e. The molecule has 4 rings (SSSR count). The molecular formula is C16H28N2O2. The first-order valence-corrected chi connectivity index (χ1v) is 8.30. The van der Waals surface area contributed by atoms with Crippen LogP contribution in [0.1, 0.15) is 39.5 Å². The lowest BCUT2D eigenvalue weighted by molar-refractivity contribution is -0.174. The molecule has 0 bridgehead atoms. The summed E-state index contributed by atoms with van der Waals surface area (Å²) in [4.78, 5) is 2.64. The molecule has 0 aromatic rings. The van der Waals surface area contributed by atoms with Crippen LogP contribution in [0.2, 0.25) is 0 Å². The number of rotatable bonds is 2. The molecule has 4 nitrogen and oxygen atoms in total. The number of nitrogens with two attached hydrogens (primary N) is 1. The number of fused-ring (bicyclic) bond motifs is 2. The Morgan fingerprint density at radius 1 is 1.15 bits per heavy atom. The van der Waals surface area contributed by atoms with Crippen molar-refractivity contribution in [2.24, 2.45) is 17.1 Å². The van der Waals surface area contributed by atoms with E-state index in [1.165, 1.54) is 19.3 Å². The van der Waals surface area contributed by atoms with Crippen LogP contribution in [0.25, 0.3) is 0 Å². The normalized spacial score (nSPS) is 50.5. The Morgan fingerprint density at radius 3 is 2.85 bits per heavy atom. The summed E-state index contributed by atoms with van der Waals surface area (Å²) < 4.78 is 11.8. The van der Waals surface area contributed by atoms with E-state index >= 15 is 0 Å². The lowest BCUT2D eigenvalue weighted by Gasteiger charge is -2.64. The topological polar surface area (TPSA) is 47.7 Å². The van der Waals surface area contributed by atoms with Crippen molar-refractivity contribution in [1.82, 2.24) is 4.90 Å². The molecule has 2 saturated carbocycles. The maximum Gasteiger partial charge on any atom is 0.0730 e. The highest BCUT2D eigenvalue weighted by atomic mass is 16.5. The van der Waals surface area contributed by atoms with Crippen molar-refractivity contribution in [3.05, 3.63) is 0 Å². The Labute approximate surface area is 122 Å². The summed E-state index contributed by atoms with van der Waals surface area (Å²) in [6.45, 7) is 8.44. The second-order valence-electron chi connectivity index (χ2n) is 7.83. The SMILES string of the molecule is CC1(C)C2OCCC2C1(N)CN1CCOC2CCCC21. The molecule has 2 N–H and O–H groups in total. The second kappa shape index (κ2) is 4.42. The molecule has 2 aliphatic heterocycles. The highest BCUT2D eigenvalue weighted by Gasteiger charge is 2.68. The lowest BCUT2D eigenvalue weighted by atomic mass is 9.48. The first kappa shape index (κ1) is 13.5. The number of morpholine rings is 1. The number of ether oxygens (including phenoxy) is 2. The van der Waals surface area contributed by atoms with Crippen molar-refractivity contribution in [1.29, 1.82) is 0 Å². The van der Waals surface area contributed by atoms with Gasteiger partial charge in [0.05, 0.1) is 18.8 Å². The van der Waals surface area contributed by atoms with E-state index in [4.69, 9.17) is 15.2 Å². The summed E-state index contributed by atoms with van der Waals surface area (Å²) in [5.41, 5.74) is 6.93. The predicted molar refractivity (Wildman–Crippen MR) is 77.5 cm³/mol. The lowest BCUT2D eigenvalue weighted by Crippen LogP contribution is -2.78. The van der Waals surface area contributed by atoms with Crippen LogP contribution in [0.5, 0.6) is 0 Å². The van der Waals surface area contributed by atoms with Crippen LogP contribution in [0, 0.1) is 11.3 Å². The minimum absolute atomic E-state index is 0.0847. The molecule has 4 aliphatic rings. The maximum absolute atomic E-state index is 6.92. The fraction of sp³-hybridized carbons (Fsp3) is 1.00. The van der Waals surface area contributed by atoms with Gasteiger partial charge in [0.15, 0.2) is 0 Å². The van der Waals surface area contributed by atoms with E-state index in [1.807, 2.05) is 0 Å². The highest BCUT2D eigenvalue weighted by molar-refractivity contribution is 5.22. The number of hydrogen-bond acceptors (Lipinski definition) is 4. The van der Waals surface area contributed by atoms with Gasteiger partial charge in [0.1, 0.15) is 0 Å². The van der Waals surface area contributed by atoms with E-state index in [1.54, 1.807) is 0 Å². The Bertz CT molecular complexity index is 400. The van der Waals surface area contributed by atoms with Crippen LogP contribution >= 0.6 is 0 Å². The van der Waals surface area contributed by atoms with Gasteiger partial charge in [-0.3, -0.25) is 4.90 Å². The van der Waals surface area contributed by atoms with Gasteiger partial charge in [-0.1, -0.05) is 13.8 Å². The Kier molecular flexibility index (Phi) is 2.98. The van der Waals surface area contributed by atoms with Crippen LogP contribution in [0.4, 0.5) is 0 Å². The van der Waals surface area contributed by atoms with E-state index < -0.39 is 0 Å². The van der Waals surface area contributed by atoms with E-state index in [0.717, 1.165) is 32.7 Å². The van der Waals surface area contributed by atoms with Gasteiger partial charge in [0.2, 0.25) is 0 Å². The summed E-state index contributed by atoms with van der Waals surface area (Å²) >= 11 is 0. The van der Waals surface area contributed by atoms with Crippen molar-refractivity contribution in [3.63, 3.8) is 0 Å². The van der Waals surface area contributed by atoms with Crippen LogP contribution in [-0.4, -0.2) is 55.0 Å². The van der Waals surface area contributed by atoms with Crippen molar-refractivity contribution in [2.45, 2.75) is 63.3 Å². The first-order valence-electron chi connectivity index (χ1n) is 8.30. The Balaban J connectivity index is 1.53. The third-order valence-corrected chi connectivity index (χ3v) is 6.73. The van der Waals surface area contributed by atoms with Crippen LogP contribution in [0.3, 0.4) is 0 Å². The van der Waals surface area contributed by atoms with E-state index in [2.05, 4.69) is 18.7 Å². The predicted octanol–water partition coefficient (Wildman–Crippen LogP) is 1.38. The Hall–Kier alpha value is -0.160. The zero-order valence-corrected chi connectivity index (χ0v) is 12.8. The summed E-state index contributed by atoms with van der Waals surface area (Å²) in [6.07, 6.45) is 5.81. The summed E-state index contributed by atoms with van der Waals surface area (Å²) in [5.74, 6) is 0.556. The average Bonchev–Trinajstić information content (AvgIpc) is 3.07. The van der Waals surface area contributed by atoms with Gasteiger partial charge in [-0.15, -0.1) is 0 Å². The Morgan fingerprint density at radius 2 is 2.00 bits per heavy atom. The van der Waals surface area contributed by atoms with Crippen molar-refractivity contribution in [2.75, 3.05) is 26.3 Å². The van der Waals surface area contributed by atoms with Crippen molar-refractivity contribution < 1.29 is 9.47 Å².